The van der Waals surface area contributed by atoms with Gasteiger partial charge in [0.25, 0.3) is 0 Å². The molecule has 3 heteroatoms. The number of carbonyl (C=O) groups is 1. The predicted octanol–water partition coefficient (Wildman–Crippen LogP) is 1.83. The van der Waals surface area contributed by atoms with Crippen LogP contribution in [0.4, 0.5) is 0 Å². The van der Waals surface area contributed by atoms with Crippen molar-refractivity contribution in [3.8, 4) is 0 Å². The molecule has 0 aliphatic heterocycles. The lowest BCUT2D eigenvalue weighted by Gasteiger charge is -2.31. The lowest BCUT2D eigenvalue weighted by molar-refractivity contribution is -0.145. The average molecular weight is 199 g/mol. The Hall–Kier alpha value is -0.570. The Kier molecular flexibility index (Phi) is 4.39. The Morgan fingerprint density at radius 3 is 2.64 bits per heavy atom. The number of aliphatic carboxylic acids is 1. The summed E-state index contributed by atoms with van der Waals surface area (Å²) in [5, 5.41) is 9.08. The van der Waals surface area contributed by atoms with E-state index < -0.39 is 5.97 Å². The first-order valence-electron chi connectivity index (χ1n) is 5.56. The highest BCUT2D eigenvalue weighted by molar-refractivity contribution is 5.70. The van der Waals surface area contributed by atoms with Crippen molar-refractivity contribution < 1.29 is 9.90 Å². The third-order valence-corrected chi connectivity index (χ3v) is 3.31. The minimum Gasteiger partial charge on any atom is -0.481 e. The zero-order valence-electron chi connectivity index (χ0n) is 9.20. The average Bonchev–Trinajstić information content (AvgIpc) is 2.18. The van der Waals surface area contributed by atoms with Gasteiger partial charge < -0.3 is 10.0 Å². The van der Waals surface area contributed by atoms with E-state index in [-0.39, 0.29) is 5.92 Å². The largest absolute Gasteiger partial charge is 0.481 e. The van der Waals surface area contributed by atoms with Crippen molar-refractivity contribution >= 4 is 5.97 Å². The molecule has 82 valence electrons. The zero-order valence-corrected chi connectivity index (χ0v) is 9.20. The molecule has 0 aromatic rings. The second-order valence-electron chi connectivity index (χ2n) is 4.34. The normalized spacial score (nSPS) is 27.9. The first-order chi connectivity index (χ1) is 6.65. The summed E-state index contributed by atoms with van der Waals surface area (Å²) in [6.45, 7) is 4.05. The van der Waals surface area contributed by atoms with Gasteiger partial charge >= 0.3 is 5.97 Å². The molecule has 0 spiro atoms. The van der Waals surface area contributed by atoms with Crippen LogP contribution in [0.5, 0.6) is 0 Å². The van der Waals surface area contributed by atoms with Crippen molar-refractivity contribution in [1.29, 1.82) is 0 Å². The highest BCUT2D eigenvalue weighted by atomic mass is 16.4. The van der Waals surface area contributed by atoms with Crippen LogP contribution in [-0.4, -0.2) is 36.1 Å². The third-order valence-electron chi connectivity index (χ3n) is 3.31. The lowest BCUT2D eigenvalue weighted by atomic mass is 9.79. The van der Waals surface area contributed by atoms with Crippen LogP contribution in [0, 0.1) is 11.8 Å². The van der Waals surface area contributed by atoms with Crippen LogP contribution in [-0.2, 0) is 4.79 Å². The fourth-order valence-corrected chi connectivity index (χ4v) is 2.28. The number of nitrogens with zero attached hydrogens (tertiary/aromatic N) is 1. The molecule has 1 aliphatic carbocycles. The van der Waals surface area contributed by atoms with Crippen molar-refractivity contribution in [2.45, 2.75) is 32.6 Å². The molecule has 0 aromatic carbocycles. The topological polar surface area (TPSA) is 40.5 Å². The van der Waals surface area contributed by atoms with Gasteiger partial charge in [0.15, 0.2) is 0 Å². The summed E-state index contributed by atoms with van der Waals surface area (Å²) in [6, 6.07) is 0. The second kappa shape index (κ2) is 5.35. The van der Waals surface area contributed by atoms with Crippen LogP contribution in [0.25, 0.3) is 0 Å². The van der Waals surface area contributed by atoms with Crippen molar-refractivity contribution in [2.24, 2.45) is 11.8 Å². The van der Waals surface area contributed by atoms with Crippen LogP contribution in [0.3, 0.4) is 0 Å². The molecule has 14 heavy (non-hydrogen) atoms. The summed E-state index contributed by atoms with van der Waals surface area (Å²) in [5.41, 5.74) is 0. The highest BCUT2D eigenvalue weighted by Gasteiger charge is 2.30. The van der Waals surface area contributed by atoms with E-state index in [1.165, 1.54) is 6.42 Å². The van der Waals surface area contributed by atoms with E-state index in [0.29, 0.717) is 5.92 Å². The van der Waals surface area contributed by atoms with Crippen LogP contribution in [0.2, 0.25) is 0 Å². The maximum Gasteiger partial charge on any atom is 0.306 e. The van der Waals surface area contributed by atoms with E-state index in [0.717, 1.165) is 32.4 Å². The molecule has 0 aromatic heterocycles. The molecule has 0 saturated heterocycles. The van der Waals surface area contributed by atoms with E-state index in [2.05, 4.69) is 18.9 Å². The molecular formula is C11H21NO2. The van der Waals surface area contributed by atoms with Gasteiger partial charge in [0.2, 0.25) is 0 Å². The Labute approximate surface area is 86.1 Å². The fourth-order valence-electron chi connectivity index (χ4n) is 2.28. The first-order valence-corrected chi connectivity index (χ1v) is 5.56. The van der Waals surface area contributed by atoms with Gasteiger partial charge in [-0.05, 0) is 32.4 Å². The lowest BCUT2D eigenvalue weighted by Crippen LogP contribution is -2.35. The molecule has 0 amide bonds. The molecule has 1 aliphatic rings. The van der Waals surface area contributed by atoms with Gasteiger partial charge in [0.1, 0.15) is 0 Å². The van der Waals surface area contributed by atoms with Crippen molar-refractivity contribution in [3.05, 3.63) is 0 Å². The zero-order chi connectivity index (χ0) is 10.6. The van der Waals surface area contributed by atoms with Gasteiger partial charge in [-0.25, -0.2) is 0 Å². The summed E-state index contributed by atoms with van der Waals surface area (Å²) < 4.78 is 0. The fraction of sp³-hybridized carbons (Fsp3) is 0.909. The Morgan fingerprint density at radius 2 is 2.07 bits per heavy atom. The summed E-state index contributed by atoms with van der Waals surface area (Å²) in [5.74, 6) is -0.330. The van der Waals surface area contributed by atoms with Gasteiger partial charge in [0.05, 0.1) is 5.92 Å². The van der Waals surface area contributed by atoms with E-state index in [4.69, 9.17) is 5.11 Å². The molecule has 1 saturated carbocycles. The number of rotatable bonds is 4. The molecule has 1 unspecified atom stereocenters. The standard InChI is InChI=1S/C11H21NO2/c1-3-12(2)8-9-6-4-5-7-10(9)11(13)14/h9-10H,3-8H2,1-2H3,(H,13,14)/t9?,10-/m0/s1. The van der Waals surface area contributed by atoms with E-state index in [1.807, 2.05) is 0 Å². The summed E-state index contributed by atoms with van der Waals surface area (Å²) in [7, 11) is 2.06. The van der Waals surface area contributed by atoms with Crippen LogP contribution in [0.15, 0.2) is 0 Å². The third kappa shape index (κ3) is 2.98. The number of hydrogen-bond donors (Lipinski definition) is 1. The SMILES string of the molecule is CCN(C)CC1CCCC[C@@H]1C(=O)O. The maximum atomic E-state index is 11.0. The van der Waals surface area contributed by atoms with Crippen molar-refractivity contribution in [2.75, 3.05) is 20.1 Å². The van der Waals surface area contributed by atoms with Crippen LogP contribution >= 0.6 is 0 Å². The molecule has 1 N–H and O–H groups in total. The summed E-state index contributed by atoms with van der Waals surface area (Å²) >= 11 is 0. The van der Waals surface area contributed by atoms with Crippen molar-refractivity contribution in [1.82, 2.24) is 4.90 Å². The van der Waals surface area contributed by atoms with Gasteiger partial charge in [-0.2, -0.15) is 0 Å². The van der Waals surface area contributed by atoms with Gasteiger partial charge in [-0.3, -0.25) is 4.79 Å². The smallest absolute Gasteiger partial charge is 0.306 e. The second-order valence-corrected chi connectivity index (χ2v) is 4.34. The van der Waals surface area contributed by atoms with Gasteiger partial charge in [-0.1, -0.05) is 19.8 Å². The van der Waals surface area contributed by atoms with E-state index >= 15 is 0 Å². The van der Waals surface area contributed by atoms with Crippen LogP contribution < -0.4 is 0 Å². The molecule has 1 rings (SSSR count). The highest BCUT2D eigenvalue weighted by Crippen LogP contribution is 2.30. The Balaban J connectivity index is 2.49. The molecule has 0 radical (unpaired) electrons. The predicted molar refractivity (Wildman–Crippen MR) is 56.3 cm³/mol. The minimum absolute atomic E-state index is 0.0993. The minimum atomic E-state index is -0.598. The Morgan fingerprint density at radius 1 is 1.43 bits per heavy atom. The monoisotopic (exact) mass is 199 g/mol. The molecule has 2 atom stereocenters. The van der Waals surface area contributed by atoms with E-state index in [1.54, 1.807) is 0 Å². The number of carboxylic acids is 1. The summed E-state index contributed by atoms with van der Waals surface area (Å²) in [6.07, 6.45) is 4.24. The Bertz CT molecular complexity index is 194. The molecule has 0 bridgehead atoms. The molecule has 0 heterocycles. The van der Waals surface area contributed by atoms with Gasteiger partial charge in [0, 0.05) is 6.54 Å². The first kappa shape index (κ1) is 11.5. The number of hydrogen-bond acceptors (Lipinski definition) is 2. The number of carboxylic acid groups (broad SMARTS) is 1. The quantitative estimate of drug-likeness (QED) is 0.751. The van der Waals surface area contributed by atoms with Crippen LogP contribution in [0.1, 0.15) is 32.6 Å². The van der Waals surface area contributed by atoms with Gasteiger partial charge in [-0.15, -0.1) is 0 Å². The van der Waals surface area contributed by atoms with Crippen molar-refractivity contribution in [3.63, 3.8) is 0 Å². The van der Waals surface area contributed by atoms with E-state index in [9.17, 15) is 4.79 Å². The molecular weight excluding hydrogens is 178 g/mol. The summed E-state index contributed by atoms with van der Waals surface area (Å²) in [4.78, 5) is 13.2. The molecule has 1 fully saturated rings. The maximum absolute atomic E-state index is 11.0. The molecule has 3 nitrogen and oxygen atoms in total.